The molecule has 4 rings (SSSR count). The van der Waals surface area contributed by atoms with E-state index in [1.54, 1.807) is 13.0 Å². The summed E-state index contributed by atoms with van der Waals surface area (Å²) in [6, 6.07) is 6.18. The summed E-state index contributed by atoms with van der Waals surface area (Å²) < 4.78 is 17.1. The summed E-state index contributed by atoms with van der Waals surface area (Å²) in [5.41, 5.74) is 3.27. The third kappa shape index (κ3) is 2.45. The minimum absolute atomic E-state index is 0.0436. The Morgan fingerprint density at radius 1 is 1.26 bits per heavy atom. The van der Waals surface area contributed by atoms with Crippen LogP contribution in [-0.2, 0) is 30.2 Å². The number of ether oxygens (including phenoxy) is 3. The van der Waals surface area contributed by atoms with E-state index in [9.17, 15) is 9.59 Å². The van der Waals surface area contributed by atoms with Gasteiger partial charge >= 0.3 is 11.9 Å². The molecule has 0 aromatic heterocycles. The summed E-state index contributed by atoms with van der Waals surface area (Å²) in [6.07, 6.45) is 2.70. The lowest BCUT2D eigenvalue weighted by Crippen LogP contribution is -2.11. The van der Waals surface area contributed by atoms with Crippen molar-refractivity contribution in [3.05, 3.63) is 56.4 Å². The molecule has 1 fully saturated rings. The van der Waals surface area contributed by atoms with Crippen LogP contribution in [0.1, 0.15) is 24.2 Å². The van der Waals surface area contributed by atoms with Crippen molar-refractivity contribution in [1.82, 2.24) is 0 Å². The van der Waals surface area contributed by atoms with Gasteiger partial charge in [0, 0.05) is 21.1 Å². The standard InChI is InChI=1S/C17H13IO5/c1-8-4-14(22-16(8)19)21-7-13-12-5-9-2-3-10(18)6-11(9)15(12)23-17(13)20/h2-4,6-7,12,14-15H,5H2,1H3/b13-7+/t12-,14?,15-/m1/s1. The fourth-order valence-electron chi connectivity index (χ4n) is 3.18. The van der Waals surface area contributed by atoms with Crippen molar-refractivity contribution in [3.8, 4) is 0 Å². The number of hydrogen-bond acceptors (Lipinski definition) is 5. The Labute approximate surface area is 146 Å². The first kappa shape index (κ1) is 14.7. The van der Waals surface area contributed by atoms with E-state index in [2.05, 4.69) is 34.7 Å². The highest BCUT2D eigenvalue weighted by molar-refractivity contribution is 14.1. The maximum Gasteiger partial charge on any atom is 0.338 e. The first-order valence-electron chi connectivity index (χ1n) is 7.27. The van der Waals surface area contributed by atoms with E-state index in [-0.39, 0.29) is 18.0 Å². The van der Waals surface area contributed by atoms with Gasteiger partial charge in [-0.15, -0.1) is 0 Å². The molecule has 23 heavy (non-hydrogen) atoms. The molecule has 1 saturated heterocycles. The Balaban J connectivity index is 1.56. The average molecular weight is 424 g/mol. The molecule has 1 aromatic carbocycles. The number of halogens is 1. The SMILES string of the molecule is CC1=CC(O/C=C2/C(=O)O[C@@H]3c4cc(I)ccc4C[C@H]23)OC1=O. The van der Waals surface area contributed by atoms with Crippen molar-refractivity contribution in [2.75, 3.05) is 0 Å². The van der Waals surface area contributed by atoms with Crippen LogP contribution in [0.2, 0.25) is 0 Å². The predicted molar refractivity (Wildman–Crippen MR) is 88.0 cm³/mol. The van der Waals surface area contributed by atoms with Crippen LogP contribution in [0.25, 0.3) is 0 Å². The summed E-state index contributed by atoms with van der Waals surface area (Å²) in [5.74, 6) is -0.810. The quantitative estimate of drug-likeness (QED) is 0.316. The van der Waals surface area contributed by atoms with E-state index in [4.69, 9.17) is 14.2 Å². The van der Waals surface area contributed by atoms with Crippen LogP contribution in [-0.4, -0.2) is 18.2 Å². The van der Waals surface area contributed by atoms with Crippen molar-refractivity contribution < 1.29 is 23.8 Å². The molecule has 6 heteroatoms. The van der Waals surface area contributed by atoms with Crippen molar-refractivity contribution in [1.29, 1.82) is 0 Å². The largest absolute Gasteiger partial charge is 0.458 e. The van der Waals surface area contributed by atoms with E-state index >= 15 is 0 Å². The fourth-order valence-corrected chi connectivity index (χ4v) is 3.69. The molecule has 0 radical (unpaired) electrons. The number of fused-ring (bicyclic) bond motifs is 3. The highest BCUT2D eigenvalue weighted by Gasteiger charge is 2.46. The maximum atomic E-state index is 12.1. The second-order valence-corrected chi connectivity index (χ2v) is 7.06. The number of carbonyl (C=O) groups is 2. The van der Waals surface area contributed by atoms with E-state index in [0.717, 1.165) is 15.6 Å². The number of esters is 2. The lowest BCUT2D eigenvalue weighted by Gasteiger charge is -2.09. The molecular weight excluding hydrogens is 411 g/mol. The molecule has 0 saturated carbocycles. The number of carbonyl (C=O) groups excluding carboxylic acids is 2. The molecular formula is C17H13IO5. The van der Waals surface area contributed by atoms with Crippen LogP contribution in [0.4, 0.5) is 0 Å². The molecule has 0 bridgehead atoms. The van der Waals surface area contributed by atoms with Crippen LogP contribution in [0.3, 0.4) is 0 Å². The van der Waals surface area contributed by atoms with E-state index in [0.29, 0.717) is 11.1 Å². The van der Waals surface area contributed by atoms with Gasteiger partial charge in [0.25, 0.3) is 6.29 Å². The van der Waals surface area contributed by atoms with E-state index in [1.807, 2.05) is 6.07 Å². The number of cyclic esters (lactones) is 1. The lowest BCUT2D eigenvalue weighted by atomic mass is 9.98. The zero-order valence-electron chi connectivity index (χ0n) is 12.2. The summed E-state index contributed by atoms with van der Waals surface area (Å²) in [5, 5.41) is 0. The van der Waals surface area contributed by atoms with Crippen LogP contribution < -0.4 is 0 Å². The van der Waals surface area contributed by atoms with Crippen molar-refractivity contribution in [3.63, 3.8) is 0 Å². The molecule has 3 atom stereocenters. The van der Waals surface area contributed by atoms with Crippen molar-refractivity contribution in [2.45, 2.75) is 25.7 Å². The molecule has 118 valence electrons. The van der Waals surface area contributed by atoms with Crippen LogP contribution >= 0.6 is 22.6 Å². The Kier molecular flexibility index (Phi) is 3.44. The normalized spacial score (nSPS) is 29.9. The van der Waals surface area contributed by atoms with Crippen molar-refractivity contribution >= 4 is 34.5 Å². The predicted octanol–water partition coefficient (Wildman–Crippen LogP) is 2.79. The summed E-state index contributed by atoms with van der Waals surface area (Å²) in [7, 11) is 0. The van der Waals surface area contributed by atoms with Crippen LogP contribution in [0.5, 0.6) is 0 Å². The summed E-state index contributed by atoms with van der Waals surface area (Å²) >= 11 is 2.25. The molecule has 3 aliphatic rings. The van der Waals surface area contributed by atoms with Gasteiger partial charge in [-0.3, -0.25) is 0 Å². The van der Waals surface area contributed by atoms with Gasteiger partial charge in [-0.25, -0.2) is 9.59 Å². The van der Waals surface area contributed by atoms with Gasteiger partial charge < -0.3 is 14.2 Å². The minimum Gasteiger partial charge on any atom is -0.458 e. The lowest BCUT2D eigenvalue weighted by molar-refractivity contribution is -0.152. The Hall–Kier alpha value is -1.83. The van der Waals surface area contributed by atoms with Crippen LogP contribution in [0, 0.1) is 9.49 Å². The summed E-state index contributed by atoms with van der Waals surface area (Å²) in [6.45, 7) is 1.66. The summed E-state index contributed by atoms with van der Waals surface area (Å²) in [4.78, 5) is 23.4. The Morgan fingerprint density at radius 2 is 2.09 bits per heavy atom. The number of benzene rings is 1. The van der Waals surface area contributed by atoms with E-state index in [1.165, 1.54) is 11.8 Å². The molecule has 1 aromatic rings. The first-order chi connectivity index (χ1) is 11.0. The maximum absolute atomic E-state index is 12.1. The zero-order valence-corrected chi connectivity index (χ0v) is 14.4. The second-order valence-electron chi connectivity index (χ2n) is 5.81. The molecule has 5 nitrogen and oxygen atoms in total. The number of hydrogen-bond donors (Lipinski definition) is 0. The first-order valence-corrected chi connectivity index (χ1v) is 8.35. The molecule has 1 aliphatic carbocycles. The van der Waals surface area contributed by atoms with Crippen LogP contribution in [0.15, 0.2) is 41.7 Å². The monoisotopic (exact) mass is 424 g/mol. The second kappa shape index (κ2) is 5.36. The molecule has 2 heterocycles. The van der Waals surface area contributed by atoms with E-state index < -0.39 is 12.3 Å². The molecule has 0 amide bonds. The fraction of sp³-hybridized carbons (Fsp3) is 0.294. The Morgan fingerprint density at radius 3 is 2.83 bits per heavy atom. The van der Waals surface area contributed by atoms with Gasteiger partial charge in [-0.1, -0.05) is 6.07 Å². The minimum atomic E-state index is -0.772. The van der Waals surface area contributed by atoms with Gasteiger partial charge in [0.05, 0.1) is 11.8 Å². The Bertz CT molecular complexity index is 779. The number of rotatable bonds is 2. The molecule has 2 aliphatic heterocycles. The van der Waals surface area contributed by atoms with Gasteiger partial charge in [0.1, 0.15) is 6.10 Å². The zero-order chi connectivity index (χ0) is 16.1. The highest BCUT2D eigenvalue weighted by atomic mass is 127. The third-order valence-corrected chi connectivity index (χ3v) is 5.02. The van der Waals surface area contributed by atoms with Gasteiger partial charge in [0.15, 0.2) is 0 Å². The molecule has 1 unspecified atom stereocenters. The van der Waals surface area contributed by atoms with Crippen molar-refractivity contribution in [2.24, 2.45) is 5.92 Å². The highest BCUT2D eigenvalue weighted by Crippen LogP contribution is 2.48. The topological polar surface area (TPSA) is 61.8 Å². The average Bonchev–Trinajstić information content (AvgIpc) is 3.10. The smallest absolute Gasteiger partial charge is 0.338 e. The van der Waals surface area contributed by atoms with Gasteiger partial charge in [-0.05, 0) is 59.2 Å². The molecule has 0 N–H and O–H groups in total. The van der Waals surface area contributed by atoms with Gasteiger partial charge in [0.2, 0.25) is 0 Å². The molecule has 0 spiro atoms. The third-order valence-electron chi connectivity index (χ3n) is 4.35. The van der Waals surface area contributed by atoms with Gasteiger partial charge in [-0.2, -0.15) is 0 Å².